The first-order valence-corrected chi connectivity index (χ1v) is 6.30. The lowest BCUT2D eigenvalue weighted by Gasteiger charge is -2.08. The van der Waals surface area contributed by atoms with Crippen molar-refractivity contribution < 1.29 is 4.79 Å². The van der Waals surface area contributed by atoms with Crippen LogP contribution in [0.3, 0.4) is 0 Å². The van der Waals surface area contributed by atoms with Crippen molar-refractivity contribution in [2.75, 3.05) is 12.4 Å². The Labute approximate surface area is 113 Å². The third-order valence-corrected chi connectivity index (χ3v) is 2.95. The molecule has 0 fully saturated rings. The number of rotatable bonds is 4. The second-order valence-corrected chi connectivity index (χ2v) is 4.50. The van der Waals surface area contributed by atoms with E-state index in [4.69, 9.17) is 0 Å². The maximum atomic E-state index is 11.4. The Bertz CT molecular complexity index is 561. The zero-order valence-electron chi connectivity index (χ0n) is 11.2. The van der Waals surface area contributed by atoms with Crippen molar-refractivity contribution in [3.8, 4) is 0 Å². The summed E-state index contributed by atoms with van der Waals surface area (Å²) < 4.78 is 0. The van der Waals surface area contributed by atoms with Crippen molar-refractivity contribution in [2.45, 2.75) is 13.5 Å². The van der Waals surface area contributed by atoms with Gasteiger partial charge >= 0.3 is 0 Å². The lowest BCUT2D eigenvalue weighted by molar-refractivity contribution is 0.0963. The van der Waals surface area contributed by atoms with Gasteiger partial charge in [-0.05, 0) is 36.8 Å². The van der Waals surface area contributed by atoms with Gasteiger partial charge in [0.25, 0.3) is 5.91 Å². The predicted octanol–water partition coefficient (Wildman–Crippen LogP) is 2.97. The molecule has 98 valence electrons. The fourth-order valence-electron chi connectivity index (χ4n) is 1.91. The van der Waals surface area contributed by atoms with Crippen LogP contribution in [0.1, 0.15) is 21.5 Å². The third kappa shape index (κ3) is 3.58. The summed E-state index contributed by atoms with van der Waals surface area (Å²) in [5, 5.41) is 5.95. The molecule has 3 heteroatoms. The summed E-state index contributed by atoms with van der Waals surface area (Å²) >= 11 is 0. The van der Waals surface area contributed by atoms with Crippen molar-refractivity contribution in [1.82, 2.24) is 5.32 Å². The third-order valence-electron chi connectivity index (χ3n) is 2.95. The van der Waals surface area contributed by atoms with Gasteiger partial charge in [0.05, 0.1) is 0 Å². The number of hydrogen-bond acceptors (Lipinski definition) is 2. The molecular weight excluding hydrogens is 236 g/mol. The van der Waals surface area contributed by atoms with Crippen LogP contribution >= 0.6 is 0 Å². The largest absolute Gasteiger partial charge is 0.381 e. The number of hydrogen-bond donors (Lipinski definition) is 2. The standard InChI is InChI=1S/C16H18N2O/c1-12-4-3-5-13(10-12)11-18-15-8-6-14(7-9-15)16(19)17-2/h3-10,18H,11H2,1-2H3,(H,17,19). The number of aryl methyl sites for hydroxylation is 1. The van der Waals surface area contributed by atoms with Gasteiger partial charge < -0.3 is 10.6 Å². The lowest BCUT2D eigenvalue weighted by Crippen LogP contribution is -2.17. The molecule has 0 spiro atoms. The average Bonchev–Trinajstić information content (AvgIpc) is 2.45. The van der Waals surface area contributed by atoms with Crippen molar-refractivity contribution >= 4 is 11.6 Å². The fourth-order valence-corrected chi connectivity index (χ4v) is 1.91. The summed E-state index contributed by atoms with van der Waals surface area (Å²) in [5.41, 5.74) is 4.18. The van der Waals surface area contributed by atoms with E-state index in [0.717, 1.165) is 12.2 Å². The van der Waals surface area contributed by atoms with Crippen LogP contribution in [0.5, 0.6) is 0 Å². The highest BCUT2D eigenvalue weighted by molar-refractivity contribution is 5.94. The molecule has 2 aromatic carbocycles. The molecule has 0 heterocycles. The van der Waals surface area contributed by atoms with E-state index in [0.29, 0.717) is 5.56 Å². The summed E-state index contributed by atoms with van der Waals surface area (Å²) in [5.74, 6) is -0.0646. The number of amides is 1. The minimum absolute atomic E-state index is 0.0646. The van der Waals surface area contributed by atoms with E-state index in [1.54, 1.807) is 7.05 Å². The highest BCUT2D eigenvalue weighted by Crippen LogP contribution is 2.12. The first kappa shape index (κ1) is 13.1. The van der Waals surface area contributed by atoms with Crippen LogP contribution in [0.15, 0.2) is 48.5 Å². The monoisotopic (exact) mass is 254 g/mol. The molecule has 2 aromatic rings. The summed E-state index contributed by atoms with van der Waals surface area (Å²) in [6.07, 6.45) is 0. The molecule has 0 aliphatic heterocycles. The average molecular weight is 254 g/mol. The number of carbonyl (C=O) groups is 1. The van der Waals surface area contributed by atoms with E-state index in [1.807, 2.05) is 24.3 Å². The molecule has 0 bridgehead atoms. The first-order chi connectivity index (χ1) is 9.19. The SMILES string of the molecule is CNC(=O)c1ccc(NCc2cccc(C)c2)cc1. The smallest absolute Gasteiger partial charge is 0.251 e. The maximum Gasteiger partial charge on any atom is 0.251 e. The molecular formula is C16H18N2O. The van der Waals surface area contributed by atoms with Crippen molar-refractivity contribution in [2.24, 2.45) is 0 Å². The van der Waals surface area contributed by atoms with Gasteiger partial charge in [-0.15, -0.1) is 0 Å². The van der Waals surface area contributed by atoms with E-state index in [1.165, 1.54) is 11.1 Å². The van der Waals surface area contributed by atoms with Crippen LogP contribution in [0.25, 0.3) is 0 Å². The summed E-state index contributed by atoms with van der Waals surface area (Å²) in [6, 6.07) is 15.9. The first-order valence-electron chi connectivity index (χ1n) is 6.30. The van der Waals surface area contributed by atoms with E-state index in [2.05, 4.69) is 41.8 Å². The molecule has 3 nitrogen and oxygen atoms in total. The highest BCUT2D eigenvalue weighted by atomic mass is 16.1. The molecule has 1 amide bonds. The quantitative estimate of drug-likeness (QED) is 0.880. The summed E-state index contributed by atoms with van der Waals surface area (Å²) in [4.78, 5) is 11.4. The lowest BCUT2D eigenvalue weighted by atomic mass is 10.1. The Morgan fingerprint density at radius 1 is 1.11 bits per heavy atom. The van der Waals surface area contributed by atoms with Gasteiger partial charge in [-0.1, -0.05) is 29.8 Å². The maximum absolute atomic E-state index is 11.4. The van der Waals surface area contributed by atoms with Crippen LogP contribution in [0.2, 0.25) is 0 Å². The minimum Gasteiger partial charge on any atom is -0.381 e. The van der Waals surface area contributed by atoms with Gasteiger partial charge in [-0.2, -0.15) is 0 Å². The van der Waals surface area contributed by atoms with Crippen LogP contribution in [-0.4, -0.2) is 13.0 Å². The molecule has 0 unspecified atom stereocenters. The van der Waals surface area contributed by atoms with Crippen LogP contribution in [0.4, 0.5) is 5.69 Å². The number of benzene rings is 2. The van der Waals surface area contributed by atoms with E-state index in [-0.39, 0.29) is 5.91 Å². The van der Waals surface area contributed by atoms with Crippen molar-refractivity contribution in [3.05, 3.63) is 65.2 Å². The molecule has 0 saturated heterocycles. The van der Waals surface area contributed by atoms with Crippen LogP contribution in [-0.2, 0) is 6.54 Å². The molecule has 0 aliphatic carbocycles. The number of nitrogens with one attached hydrogen (secondary N) is 2. The minimum atomic E-state index is -0.0646. The van der Waals surface area contributed by atoms with Crippen molar-refractivity contribution in [3.63, 3.8) is 0 Å². The Morgan fingerprint density at radius 3 is 2.47 bits per heavy atom. The number of carbonyl (C=O) groups excluding carboxylic acids is 1. The Hall–Kier alpha value is -2.29. The van der Waals surface area contributed by atoms with Crippen molar-refractivity contribution in [1.29, 1.82) is 0 Å². The van der Waals surface area contributed by atoms with E-state index < -0.39 is 0 Å². The van der Waals surface area contributed by atoms with Gasteiger partial charge in [0.2, 0.25) is 0 Å². The fraction of sp³-hybridized carbons (Fsp3) is 0.188. The summed E-state index contributed by atoms with van der Waals surface area (Å²) in [6.45, 7) is 2.86. The molecule has 19 heavy (non-hydrogen) atoms. The molecule has 0 aromatic heterocycles. The molecule has 2 N–H and O–H groups in total. The molecule has 0 saturated carbocycles. The Balaban J connectivity index is 1.98. The number of anilines is 1. The van der Waals surface area contributed by atoms with Gasteiger partial charge in [-0.3, -0.25) is 4.79 Å². The van der Waals surface area contributed by atoms with Gasteiger partial charge in [0, 0.05) is 24.8 Å². The predicted molar refractivity (Wildman–Crippen MR) is 78.3 cm³/mol. The molecule has 0 atom stereocenters. The zero-order valence-corrected chi connectivity index (χ0v) is 11.2. The highest BCUT2D eigenvalue weighted by Gasteiger charge is 2.02. The van der Waals surface area contributed by atoms with Crippen LogP contribution in [0, 0.1) is 6.92 Å². The Morgan fingerprint density at radius 2 is 1.84 bits per heavy atom. The molecule has 2 rings (SSSR count). The second-order valence-electron chi connectivity index (χ2n) is 4.50. The normalized spacial score (nSPS) is 10.0. The summed E-state index contributed by atoms with van der Waals surface area (Å²) in [7, 11) is 1.63. The van der Waals surface area contributed by atoms with Gasteiger partial charge in [0.15, 0.2) is 0 Å². The topological polar surface area (TPSA) is 41.1 Å². The van der Waals surface area contributed by atoms with Gasteiger partial charge in [-0.25, -0.2) is 0 Å². The van der Waals surface area contributed by atoms with Crippen LogP contribution < -0.4 is 10.6 Å². The molecule has 0 aliphatic rings. The second kappa shape index (κ2) is 6.05. The zero-order chi connectivity index (χ0) is 13.7. The Kier molecular flexibility index (Phi) is 4.18. The van der Waals surface area contributed by atoms with E-state index in [9.17, 15) is 4.79 Å². The molecule has 0 radical (unpaired) electrons. The van der Waals surface area contributed by atoms with E-state index >= 15 is 0 Å². The van der Waals surface area contributed by atoms with Gasteiger partial charge in [0.1, 0.15) is 0 Å².